The Morgan fingerprint density at radius 3 is 2.26 bits per heavy atom. The predicted molar refractivity (Wildman–Crippen MR) is 111 cm³/mol. The van der Waals surface area contributed by atoms with Gasteiger partial charge in [0.25, 0.3) is 11.6 Å². The maximum atomic E-state index is 12.9. The highest BCUT2D eigenvalue weighted by molar-refractivity contribution is 6.34. The normalized spacial score (nSPS) is 28.5. The van der Waals surface area contributed by atoms with Crippen molar-refractivity contribution < 1.29 is 14.6 Å². The minimum Gasteiger partial charge on any atom is -0.319 e. The smallest absolute Gasteiger partial charge is 0.319 e. The molecule has 11 heteroatoms. The van der Waals surface area contributed by atoms with Gasteiger partial charge >= 0.3 is 5.69 Å². The maximum Gasteiger partial charge on any atom is 0.320 e. The molecule has 6 rings (SSSR count). The number of hydrogen-bond acceptors (Lipinski definition) is 6. The van der Waals surface area contributed by atoms with Crippen LogP contribution in [-0.2, 0) is 5.54 Å². The van der Waals surface area contributed by atoms with Crippen molar-refractivity contribution in [3.05, 3.63) is 55.3 Å². The van der Waals surface area contributed by atoms with Crippen LogP contribution < -0.4 is 5.32 Å². The van der Waals surface area contributed by atoms with Crippen LogP contribution in [0.25, 0.3) is 0 Å². The van der Waals surface area contributed by atoms with Gasteiger partial charge < -0.3 is 5.32 Å². The van der Waals surface area contributed by atoms with Crippen LogP contribution in [0.4, 0.5) is 17.1 Å². The fourth-order valence-electron chi connectivity index (χ4n) is 6.15. The van der Waals surface area contributed by atoms with Crippen molar-refractivity contribution in [2.24, 2.45) is 17.8 Å². The average molecular weight is 446 g/mol. The minimum atomic E-state index is -0.822. The fourth-order valence-corrected chi connectivity index (χ4v) is 6.32. The van der Waals surface area contributed by atoms with Crippen LogP contribution in [0, 0.1) is 38.0 Å². The lowest BCUT2D eigenvalue weighted by Gasteiger charge is -2.56. The number of anilines is 1. The zero-order chi connectivity index (χ0) is 21.9. The van der Waals surface area contributed by atoms with E-state index in [0.29, 0.717) is 17.8 Å². The van der Waals surface area contributed by atoms with E-state index < -0.39 is 15.8 Å². The molecule has 4 saturated carbocycles. The first-order valence-corrected chi connectivity index (χ1v) is 10.6. The summed E-state index contributed by atoms with van der Waals surface area (Å²) in [6.45, 7) is 0. The van der Waals surface area contributed by atoms with Crippen LogP contribution in [0.2, 0.25) is 5.02 Å². The van der Waals surface area contributed by atoms with Crippen LogP contribution in [0.1, 0.15) is 49.0 Å². The van der Waals surface area contributed by atoms with E-state index in [1.165, 1.54) is 37.6 Å². The summed E-state index contributed by atoms with van der Waals surface area (Å²) in [5.41, 5.74) is -1.23. The number of nitro groups is 2. The Morgan fingerprint density at radius 1 is 1.10 bits per heavy atom. The van der Waals surface area contributed by atoms with E-state index in [4.69, 9.17) is 11.6 Å². The molecule has 10 nitrogen and oxygen atoms in total. The van der Waals surface area contributed by atoms with E-state index in [-0.39, 0.29) is 33.3 Å². The van der Waals surface area contributed by atoms with Gasteiger partial charge in [-0.1, -0.05) is 11.6 Å². The monoisotopic (exact) mass is 445 g/mol. The number of benzene rings is 1. The number of halogens is 1. The zero-order valence-electron chi connectivity index (χ0n) is 16.5. The molecule has 0 unspecified atom stereocenters. The third kappa shape index (κ3) is 3.34. The van der Waals surface area contributed by atoms with Gasteiger partial charge in [-0.05, 0) is 62.3 Å². The number of nitrogens with one attached hydrogen (secondary N) is 1. The van der Waals surface area contributed by atoms with Crippen LogP contribution in [0.3, 0.4) is 0 Å². The summed E-state index contributed by atoms with van der Waals surface area (Å²) in [6.07, 6.45) is 7.78. The largest absolute Gasteiger partial charge is 0.320 e. The van der Waals surface area contributed by atoms with E-state index in [1.54, 1.807) is 4.68 Å². The van der Waals surface area contributed by atoms with E-state index in [9.17, 15) is 25.0 Å². The minimum absolute atomic E-state index is 0.000445. The first kappa shape index (κ1) is 19.9. The molecule has 0 aliphatic heterocycles. The van der Waals surface area contributed by atoms with E-state index in [0.717, 1.165) is 25.3 Å². The topological polar surface area (TPSA) is 133 Å². The van der Waals surface area contributed by atoms with Gasteiger partial charge in [0.15, 0.2) is 0 Å². The molecule has 162 valence electrons. The molecule has 0 saturated heterocycles. The Balaban J connectivity index is 1.48. The van der Waals surface area contributed by atoms with Gasteiger partial charge in [0.1, 0.15) is 6.20 Å². The van der Waals surface area contributed by atoms with E-state index >= 15 is 0 Å². The standard InChI is InChI=1S/C20H20ClN5O5/c21-15-2-1-14(25(28)29)6-16(15)22-19(27)18-17(26(30)31)10-24(23-18)20-7-11-3-12(8-20)5-13(4-11)9-20/h1-2,6,10-13H,3-5,7-9H2,(H,22,27). The van der Waals surface area contributed by atoms with Crippen LogP contribution in [0.15, 0.2) is 24.4 Å². The summed E-state index contributed by atoms with van der Waals surface area (Å²) in [5, 5.41) is 29.6. The zero-order valence-corrected chi connectivity index (χ0v) is 17.2. The lowest BCUT2D eigenvalue weighted by atomic mass is 9.53. The fraction of sp³-hybridized carbons (Fsp3) is 0.500. The second-order valence-corrected chi connectivity index (χ2v) is 9.49. The van der Waals surface area contributed by atoms with Crippen molar-refractivity contribution in [1.29, 1.82) is 0 Å². The van der Waals surface area contributed by atoms with Gasteiger partial charge in [0, 0.05) is 12.1 Å². The molecule has 4 aliphatic carbocycles. The Morgan fingerprint density at radius 2 is 1.71 bits per heavy atom. The van der Waals surface area contributed by atoms with E-state index in [1.807, 2.05) is 0 Å². The molecular formula is C20H20ClN5O5. The molecular weight excluding hydrogens is 426 g/mol. The number of aromatic nitrogens is 2. The van der Waals surface area contributed by atoms with Gasteiger partial charge in [-0.3, -0.25) is 29.7 Å². The number of carbonyl (C=O) groups is 1. The van der Waals surface area contributed by atoms with Crippen molar-refractivity contribution >= 4 is 34.6 Å². The molecule has 0 atom stereocenters. The Bertz CT molecular complexity index is 1080. The van der Waals surface area contributed by atoms with Gasteiger partial charge in [-0.25, -0.2) is 0 Å². The highest BCUT2D eigenvalue weighted by atomic mass is 35.5. The second-order valence-electron chi connectivity index (χ2n) is 9.08. The quantitative estimate of drug-likeness (QED) is 0.530. The summed E-state index contributed by atoms with van der Waals surface area (Å²) in [5.74, 6) is 0.999. The van der Waals surface area contributed by atoms with Crippen LogP contribution in [0.5, 0.6) is 0 Å². The number of rotatable bonds is 5. The van der Waals surface area contributed by atoms with Crippen LogP contribution >= 0.6 is 11.6 Å². The van der Waals surface area contributed by atoms with Crippen molar-refractivity contribution in [2.45, 2.75) is 44.1 Å². The second kappa shape index (κ2) is 7.01. The van der Waals surface area contributed by atoms with Crippen molar-refractivity contribution in [2.75, 3.05) is 5.32 Å². The Labute approximate surface area is 181 Å². The summed E-state index contributed by atoms with van der Waals surface area (Å²) in [4.78, 5) is 34.4. The SMILES string of the molecule is O=C(Nc1cc([N+](=O)[O-])ccc1Cl)c1nn(C23CC4CC(CC(C4)C2)C3)cc1[N+](=O)[O-]. The van der Waals surface area contributed by atoms with Gasteiger partial charge in [-0.15, -0.1) is 0 Å². The molecule has 4 bridgehead atoms. The van der Waals surface area contributed by atoms with Crippen molar-refractivity contribution in [1.82, 2.24) is 9.78 Å². The van der Waals surface area contributed by atoms with Crippen LogP contribution in [-0.4, -0.2) is 25.5 Å². The van der Waals surface area contributed by atoms with Crippen molar-refractivity contribution in [3.63, 3.8) is 0 Å². The molecule has 2 aromatic rings. The first-order chi connectivity index (χ1) is 14.7. The maximum absolute atomic E-state index is 12.9. The number of amides is 1. The summed E-state index contributed by atoms with van der Waals surface area (Å²) < 4.78 is 1.65. The number of hydrogen-bond donors (Lipinski definition) is 1. The molecule has 4 aliphatic rings. The highest BCUT2D eigenvalue weighted by Crippen LogP contribution is 2.58. The molecule has 1 aromatic heterocycles. The summed E-state index contributed by atoms with van der Waals surface area (Å²) in [6, 6.07) is 3.61. The molecule has 1 aromatic carbocycles. The Hall–Kier alpha value is -3.01. The number of nitro benzene ring substituents is 1. The van der Waals surface area contributed by atoms with Gasteiger partial charge in [-0.2, -0.15) is 5.10 Å². The number of carbonyl (C=O) groups excluding carboxylic acids is 1. The molecule has 0 radical (unpaired) electrons. The third-order valence-electron chi connectivity index (χ3n) is 7.01. The first-order valence-electron chi connectivity index (χ1n) is 10.2. The van der Waals surface area contributed by atoms with E-state index in [2.05, 4.69) is 10.4 Å². The summed E-state index contributed by atoms with van der Waals surface area (Å²) >= 11 is 6.05. The molecule has 31 heavy (non-hydrogen) atoms. The molecule has 1 N–H and O–H groups in total. The predicted octanol–water partition coefficient (Wildman–Crippen LogP) is 4.53. The molecule has 0 spiro atoms. The summed E-state index contributed by atoms with van der Waals surface area (Å²) in [7, 11) is 0. The lowest BCUT2D eigenvalue weighted by Crippen LogP contribution is -2.52. The molecule has 1 amide bonds. The number of non-ortho nitro benzene ring substituents is 1. The highest BCUT2D eigenvalue weighted by Gasteiger charge is 2.53. The third-order valence-corrected chi connectivity index (χ3v) is 7.34. The van der Waals surface area contributed by atoms with Gasteiger partial charge in [0.2, 0.25) is 5.69 Å². The average Bonchev–Trinajstić information content (AvgIpc) is 3.15. The van der Waals surface area contributed by atoms with Crippen molar-refractivity contribution in [3.8, 4) is 0 Å². The number of nitrogens with zero attached hydrogens (tertiary/aromatic N) is 4. The Kier molecular flexibility index (Phi) is 4.51. The molecule has 4 fully saturated rings. The molecule has 1 heterocycles. The lowest BCUT2D eigenvalue weighted by molar-refractivity contribution is -0.385. The van der Waals surface area contributed by atoms with Gasteiger partial charge in [0.05, 0.1) is 26.1 Å².